The highest BCUT2D eigenvalue weighted by Gasteiger charge is 2.37. The number of aliphatic imine (C=N–C) groups is 1. The Morgan fingerprint density at radius 2 is 1.96 bits per heavy atom. The van der Waals surface area contributed by atoms with Crippen LogP contribution in [0.15, 0.2) is 47.5 Å². The summed E-state index contributed by atoms with van der Waals surface area (Å²) in [6.07, 6.45) is 1.05. The Labute approximate surface area is 174 Å². The first-order valence-electron chi connectivity index (χ1n) is 9.05. The first-order chi connectivity index (χ1) is 13.4. The first kappa shape index (κ1) is 20.4. The average Bonchev–Trinajstić information content (AvgIpc) is 2.92. The molecule has 28 heavy (non-hydrogen) atoms. The van der Waals surface area contributed by atoms with Gasteiger partial charge in [0, 0.05) is 24.2 Å². The fourth-order valence-corrected chi connectivity index (χ4v) is 4.23. The zero-order valence-corrected chi connectivity index (χ0v) is 17.6. The Morgan fingerprint density at radius 1 is 1.25 bits per heavy atom. The number of carbonyl (C=O) groups excluding carboxylic acids is 2. The van der Waals surface area contributed by atoms with E-state index in [4.69, 9.17) is 11.6 Å². The van der Waals surface area contributed by atoms with Gasteiger partial charge in [-0.3, -0.25) is 14.5 Å². The van der Waals surface area contributed by atoms with Crippen molar-refractivity contribution in [1.29, 1.82) is 0 Å². The number of anilines is 1. The minimum atomic E-state index is -0.480. The lowest BCUT2D eigenvalue weighted by Gasteiger charge is -2.11. The highest BCUT2D eigenvalue weighted by Crippen LogP contribution is 2.31. The third kappa shape index (κ3) is 4.75. The van der Waals surface area contributed by atoms with Gasteiger partial charge >= 0.3 is 0 Å². The number of amides is 2. The fraction of sp³-hybridized carbons (Fsp3) is 0.286. The molecule has 0 aliphatic carbocycles. The van der Waals surface area contributed by atoms with E-state index in [2.05, 4.69) is 17.2 Å². The molecule has 1 atom stereocenters. The zero-order chi connectivity index (χ0) is 20.3. The molecule has 0 unspecified atom stereocenters. The Balaban J connectivity index is 1.67. The molecule has 0 bridgehead atoms. The molecule has 2 amide bonds. The predicted molar refractivity (Wildman–Crippen MR) is 116 cm³/mol. The molecular formula is C21H22ClN3O2S. The van der Waals surface area contributed by atoms with Gasteiger partial charge in [0.25, 0.3) is 0 Å². The number of hydrogen-bond donors (Lipinski definition) is 1. The number of benzene rings is 2. The van der Waals surface area contributed by atoms with E-state index in [0.717, 1.165) is 17.7 Å². The summed E-state index contributed by atoms with van der Waals surface area (Å²) in [7, 11) is 1.69. The normalized spacial score (nSPS) is 18.0. The molecule has 7 heteroatoms. The van der Waals surface area contributed by atoms with Crippen molar-refractivity contribution in [3.63, 3.8) is 0 Å². The summed E-state index contributed by atoms with van der Waals surface area (Å²) in [4.78, 5) is 31.0. The van der Waals surface area contributed by atoms with Gasteiger partial charge in [0.15, 0.2) is 5.17 Å². The second kappa shape index (κ2) is 8.80. The van der Waals surface area contributed by atoms with Crippen molar-refractivity contribution >= 4 is 51.7 Å². The van der Waals surface area contributed by atoms with E-state index in [-0.39, 0.29) is 18.2 Å². The molecule has 1 N–H and O–H groups in total. The van der Waals surface area contributed by atoms with Gasteiger partial charge in [-0.2, -0.15) is 0 Å². The minimum absolute atomic E-state index is 0.0870. The Morgan fingerprint density at radius 3 is 2.61 bits per heavy atom. The van der Waals surface area contributed by atoms with Crippen LogP contribution in [0.5, 0.6) is 0 Å². The number of amidine groups is 1. The third-order valence-corrected chi connectivity index (χ3v) is 6.01. The maximum Gasteiger partial charge on any atom is 0.242 e. The van der Waals surface area contributed by atoms with Crippen molar-refractivity contribution < 1.29 is 9.59 Å². The zero-order valence-electron chi connectivity index (χ0n) is 16.0. The van der Waals surface area contributed by atoms with Crippen molar-refractivity contribution in [2.75, 3.05) is 12.4 Å². The Kier molecular flexibility index (Phi) is 6.42. The molecule has 2 aromatic rings. The molecular weight excluding hydrogens is 394 g/mol. The van der Waals surface area contributed by atoms with E-state index < -0.39 is 5.25 Å². The van der Waals surface area contributed by atoms with E-state index in [9.17, 15) is 9.59 Å². The largest absolute Gasteiger partial charge is 0.326 e. The van der Waals surface area contributed by atoms with Crippen molar-refractivity contribution in [2.24, 2.45) is 4.99 Å². The molecule has 1 heterocycles. The van der Waals surface area contributed by atoms with Gasteiger partial charge in [-0.05, 0) is 54.8 Å². The molecule has 0 spiro atoms. The third-order valence-electron chi connectivity index (χ3n) is 4.54. The fourth-order valence-electron chi connectivity index (χ4n) is 2.85. The summed E-state index contributed by atoms with van der Waals surface area (Å²) in [5, 5.41) is 3.60. The number of thioether (sulfide) groups is 1. The quantitative estimate of drug-likeness (QED) is 0.762. The standard InChI is InChI=1S/C21H22ClN3O2S/c1-4-14-5-8-16(9-6-14)23-21-25(3)20(27)18(28-21)12-19(26)24-17-10-7-15(22)11-13(17)2/h5-11,18H,4,12H2,1-3H3,(H,24,26)/t18-/m1/s1. The van der Waals surface area contributed by atoms with Crippen LogP contribution in [0, 0.1) is 6.92 Å². The minimum Gasteiger partial charge on any atom is -0.326 e. The van der Waals surface area contributed by atoms with Gasteiger partial charge in [0.05, 0.1) is 5.69 Å². The van der Waals surface area contributed by atoms with Crippen LogP contribution in [0.2, 0.25) is 5.02 Å². The second-order valence-corrected chi connectivity index (χ2v) is 8.24. The number of nitrogens with zero attached hydrogens (tertiary/aromatic N) is 2. The molecule has 146 valence electrons. The summed E-state index contributed by atoms with van der Waals surface area (Å²) in [5.41, 5.74) is 3.60. The predicted octanol–water partition coefficient (Wildman–Crippen LogP) is 4.80. The second-order valence-electron chi connectivity index (χ2n) is 6.63. The highest BCUT2D eigenvalue weighted by molar-refractivity contribution is 8.15. The van der Waals surface area contributed by atoms with E-state index in [1.165, 1.54) is 22.2 Å². The van der Waals surface area contributed by atoms with E-state index in [1.807, 2.05) is 31.2 Å². The van der Waals surface area contributed by atoms with Crippen molar-refractivity contribution in [2.45, 2.75) is 31.9 Å². The van der Waals surface area contributed by atoms with Crippen molar-refractivity contribution in [3.8, 4) is 0 Å². The van der Waals surface area contributed by atoms with Crippen LogP contribution >= 0.6 is 23.4 Å². The number of aryl methyl sites for hydroxylation is 2. The molecule has 5 nitrogen and oxygen atoms in total. The molecule has 3 rings (SSSR count). The Hall–Kier alpha value is -2.31. The van der Waals surface area contributed by atoms with Gasteiger partial charge < -0.3 is 5.32 Å². The molecule has 1 aliphatic heterocycles. The highest BCUT2D eigenvalue weighted by atomic mass is 35.5. The molecule has 0 saturated carbocycles. The first-order valence-corrected chi connectivity index (χ1v) is 10.3. The summed E-state index contributed by atoms with van der Waals surface area (Å²) >= 11 is 7.27. The molecule has 1 aliphatic rings. The Bertz CT molecular complexity index is 928. The van der Waals surface area contributed by atoms with Crippen LogP contribution in [0.1, 0.15) is 24.5 Å². The van der Waals surface area contributed by atoms with E-state index >= 15 is 0 Å². The van der Waals surface area contributed by atoms with Gasteiger partial charge in [-0.25, -0.2) is 4.99 Å². The molecule has 1 fully saturated rings. The van der Waals surface area contributed by atoms with Crippen LogP contribution in [-0.4, -0.2) is 34.2 Å². The van der Waals surface area contributed by atoms with Gasteiger partial charge in [0.2, 0.25) is 11.8 Å². The van der Waals surface area contributed by atoms with Crippen LogP contribution < -0.4 is 5.32 Å². The summed E-state index contributed by atoms with van der Waals surface area (Å²) in [6.45, 7) is 3.97. The lowest BCUT2D eigenvalue weighted by atomic mass is 10.2. The number of rotatable bonds is 5. The average molecular weight is 416 g/mol. The molecule has 2 aromatic carbocycles. The van der Waals surface area contributed by atoms with Crippen LogP contribution in [0.25, 0.3) is 0 Å². The van der Waals surface area contributed by atoms with Crippen molar-refractivity contribution in [3.05, 3.63) is 58.6 Å². The monoisotopic (exact) mass is 415 g/mol. The van der Waals surface area contributed by atoms with Crippen LogP contribution in [-0.2, 0) is 16.0 Å². The van der Waals surface area contributed by atoms with Crippen molar-refractivity contribution in [1.82, 2.24) is 4.90 Å². The molecule has 0 radical (unpaired) electrons. The van der Waals surface area contributed by atoms with Crippen LogP contribution in [0.3, 0.4) is 0 Å². The SMILES string of the molecule is CCc1ccc(N=C2S[C@H](CC(=O)Nc3ccc(Cl)cc3C)C(=O)N2C)cc1. The molecule has 0 aromatic heterocycles. The molecule has 1 saturated heterocycles. The number of carbonyl (C=O) groups is 2. The van der Waals surface area contributed by atoms with Gasteiger partial charge in [0.1, 0.15) is 5.25 Å². The maximum atomic E-state index is 12.5. The summed E-state index contributed by atoms with van der Waals surface area (Å²) in [5.74, 6) is -0.324. The summed E-state index contributed by atoms with van der Waals surface area (Å²) < 4.78 is 0. The smallest absolute Gasteiger partial charge is 0.242 e. The number of halogens is 1. The topological polar surface area (TPSA) is 61.8 Å². The number of nitrogens with one attached hydrogen (secondary N) is 1. The lowest BCUT2D eigenvalue weighted by Crippen LogP contribution is -2.30. The van der Waals surface area contributed by atoms with Gasteiger partial charge in [-0.15, -0.1) is 0 Å². The number of hydrogen-bond acceptors (Lipinski definition) is 4. The van der Waals surface area contributed by atoms with E-state index in [1.54, 1.807) is 25.2 Å². The van der Waals surface area contributed by atoms with Crippen LogP contribution in [0.4, 0.5) is 11.4 Å². The van der Waals surface area contributed by atoms with E-state index in [0.29, 0.717) is 15.9 Å². The lowest BCUT2D eigenvalue weighted by molar-refractivity contribution is -0.127. The van der Waals surface area contributed by atoms with Gasteiger partial charge in [-0.1, -0.05) is 42.4 Å². The maximum absolute atomic E-state index is 12.5. The summed E-state index contributed by atoms with van der Waals surface area (Å²) in [6, 6.07) is 13.2.